The molecule has 1 aliphatic rings. The molecule has 0 saturated heterocycles. The number of ether oxygens (including phenoxy) is 1. The molecule has 1 aromatic rings. The van der Waals surface area contributed by atoms with Crippen LogP contribution in [-0.4, -0.2) is 42.3 Å². The van der Waals surface area contributed by atoms with Crippen LogP contribution in [0.2, 0.25) is 0 Å². The van der Waals surface area contributed by atoms with Gasteiger partial charge in [0.05, 0.1) is 19.3 Å². The van der Waals surface area contributed by atoms with Gasteiger partial charge in [-0.1, -0.05) is 12.8 Å². The van der Waals surface area contributed by atoms with E-state index in [1.165, 1.54) is 24.1 Å². The Morgan fingerprint density at radius 1 is 1.41 bits per heavy atom. The standard InChI is InChI=1S/C16H23FN2O3/c1-19(11-16(21)5-3-4-6-16)15(20)18-10-12-7-13(17)9-14(8-12)22-2/h7-9,21H,3-6,10-11H2,1-2H3,(H,18,20). The molecule has 6 heteroatoms. The van der Waals surface area contributed by atoms with Crippen molar-refractivity contribution in [1.82, 2.24) is 10.2 Å². The van der Waals surface area contributed by atoms with E-state index >= 15 is 0 Å². The summed E-state index contributed by atoms with van der Waals surface area (Å²) in [5.41, 5.74) is -0.146. The maximum Gasteiger partial charge on any atom is 0.317 e. The van der Waals surface area contributed by atoms with Crippen molar-refractivity contribution in [3.63, 3.8) is 0 Å². The van der Waals surface area contributed by atoms with Crippen LogP contribution in [0, 0.1) is 5.82 Å². The Balaban J connectivity index is 1.88. The normalized spacial score (nSPS) is 16.4. The summed E-state index contributed by atoms with van der Waals surface area (Å²) in [5, 5.41) is 13.0. The van der Waals surface area contributed by atoms with Gasteiger partial charge in [-0.05, 0) is 30.5 Å². The fourth-order valence-corrected chi connectivity index (χ4v) is 2.86. The van der Waals surface area contributed by atoms with Crippen LogP contribution in [0.25, 0.3) is 0 Å². The third kappa shape index (κ3) is 4.34. The van der Waals surface area contributed by atoms with Gasteiger partial charge in [0.1, 0.15) is 11.6 Å². The summed E-state index contributed by atoms with van der Waals surface area (Å²) in [7, 11) is 3.12. The lowest BCUT2D eigenvalue weighted by Crippen LogP contribution is -2.45. The van der Waals surface area contributed by atoms with Gasteiger partial charge >= 0.3 is 6.03 Å². The maximum atomic E-state index is 13.4. The second-order valence-electron chi connectivity index (χ2n) is 5.95. The Morgan fingerprint density at radius 2 is 2.09 bits per heavy atom. The molecule has 0 atom stereocenters. The molecule has 0 heterocycles. The van der Waals surface area contributed by atoms with Gasteiger partial charge in [-0.3, -0.25) is 0 Å². The minimum absolute atomic E-state index is 0.204. The summed E-state index contributed by atoms with van der Waals surface area (Å²) in [6, 6.07) is 4.03. The Hall–Kier alpha value is -1.82. The highest BCUT2D eigenvalue weighted by molar-refractivity contribution is 5.73. The number of aliphatic hydroxyl groups is 1. The summed E-state index contributed by atoms with van der Waals surface area (Å²) in [5.74, 6) is 0.00934. The fraction of sp³-hybridized carbons (Fsp3) is 0.562. The largest absolute Gasteiger partial charge is 0.497 e. The summed E-state index contributed by atoms with van der Waals surface area (Å²) in [6.07, 6.45) is 3.45. The summed E-state index contributed by atoms with van der Waals surface area (Å²) >= 11 is 0. The molecule has 2 N–H and O–H groups in total. The first-order chi connectivity index (χ1) is 10.4. The number of rotatable bonds is 5. The molecule has 0 aliphatic heterocycles. The molecular formula is C16H23FN2O3. The predicted octanol–water partition coefficient (Wildman–Crippen LogP) is 2.28. The quantitative estimate of drug-likeness (QED) is 0.877. The number of nitrogens with zero attached hydrogens (tertiary/aromatic N) is 1. The lowest BCUT2D eigenvalue weighted by Gasteiger charge is -2.28. The zero-order chi connectivity index (χ0) is 16.2. The van der Waals surface area contributed by atoms with Crippen LogP contribution in [0.4, 0.5) is 9.18 Å². The number of carbonyl (C=O) groups excluding carboxylic acids is 1. The monoisotopic (exact) mass is 310 g/mol. The van der Waals surface area contributed by atoms with Crippen LogP contribution in [0.15, 0.2) is 18.2 Å². The minimum Gasteiger partial charge on any atom is -0.497 e. The molecule has 1 fully saturated rings. The molecule has 122 valence electrons. The number of urea groups is 1. The van der Waals surface area contributed by atoms with Gasteiger partial charge in [0.2, 0.25) is 0 Å². The van der Waals surface area contributed by atoms with E-state index in [4.69, 9.17) is 4.74 Å². The van der Waals surface area contributed by atoms with E-state index in [-0.39, 0.29) is 12.6 Å². The van der Waals surface area contributed by atoms with Crippen LogP contribution in [0.5, 0.6) is 5.75 Å². The number of amides is 2. The minimum atomic E-state index is -0.770. The lowest BCUT2D eigenvalue weighted by atomic mass is 10.0. The number of methoxy groups -OCH3 is 1. The summed E-state index contributed by atoms with van der Waals surface area (Å²) in [6.45, 7) is 0.515. The average molecular weight is 310 g/mol. The molecule has 1 aliphatic carbocycles. The van der Waals surface area contributed by atoms with Crippen molar-refractivity contribution in [3.8, 4) is 5.75 Å². The van der Waals surface area contributed by atoms with Gasteiger partial charge in [0.25, 0.3) is 0 Å². The van der Waals surface area contributed by atoms with E-state index in [0.717, 1.165) is 25.7 Å². The lowest BCUT2D eigenvalue weighted by molar-refractivity contribution is 0.0247. The SMILES string of the molecule is COc1cc(F)cc(CNC(=O)N(C)CC2(O)CCCC2)c1. The first kappa shape index (κ1) is 16.5. The number of hydrogen-bond acceptors (Lipinski definition) is 3. The van der Waals surface area contributed by atoms with E-state index in [0.29, 0.717) is 17.9 Å². The van der Waals surface area contributed by atoms with Crippen molar-refractivity contribution >= 4 is 6.03 Å². The number of carbonyl (C=O) groups is 1. The topological polar surface area (TPSA) is 61.8 Å². The van der Waals surface area contributed by atoms with Crippen LogP contribution >= 0.6 is 0 Å². The molecule has 1 aromatic carbocycles. The molecular weight excluding hydrogens is 287 g/mol. The van der Waals surface area contributed by atoms with Gasteiger partial charge in [-0.25, -0.2) is 9.18 Å². The predicted molar refractivity (Wildman–Crippen MR) is 81.2 cm³/mol. The molecule has 0 aromatic heterocycles. The summed E-state index contributed by atoms with van der Waals surface area (Å²) in [4.78, 5) is 13.5. The van der Waals surface area contributed by atoms with Crippen molar-refractivity contribution in [1.29, 1.82) is 0 Å². The highest BCUT2D eigenvalue weighted by atomic mass is 19.1. The Morgan fingerprint density at radius 3 is 2.73 bits per heavy atom. The van der Waals surface area contributed by atoms with Crippen molar-refractivity contribution < 1.29 is 19.0 Å². The van der Waals surface area contributed by atoms with Crippen LogP contribution in [-0.2, 0) is 6.54 Å². The van der Waals surface area contributed by atoms with Crippen LogP contribution in [0.3, 0.4) is 0 Å². The van der Waals surface area contributed by atoms with E-state index < -0.39 is 11.4 Å². The number of hydrogen-bond donors (Lipinski definition) is 2. The molecule has 0 radical (unpaired) electrons. The third-order valence-corrected chi connectivity index (χ3v) is 4.02. The van der Waals surface area contributed by atoms with Gasteiger partial charge in [-0.15, -0.1) is 0 Å². The molecule has 0 unspecified atom stereocenters. The first-order valence-corrected chi connectivity index (χ1v) is 7.47. The highest BCUT2D eigenvalue weighted by Crippen LogP contribution is 2.29. The van der Waals surface area contributed by atoms with Gasteiger partial charge in [-0.2, -0.15) is 0 Å². The number of benzene rings is 1. The van der Waals surface area contributed by atoms with Gasteiger partial charge in [0.15, 0.2) is 0 Å². The number of nitrogens with one attached hydrogen (secondary N) is 1. The molecule has 5 nitrogen and oxygen atoms in total. The molecule has 0 bridgehead atoms. The molecule has 0 spiro atoms. The molecule has 2 rings (SSSR count). The first-order valence-electron chi connectivity index (χ1n) is 7.47. The fourth-order valence-electron chi connectivity index (χ4n) is 2.86. The second-order valence-corrected chi connectivity index (χ2v) is 5.95. The summed E-state index contributed by atoms with van der Waals surface area (Å²) < 4.78 is 18.4. The third-order valence-electron chi connectivity index (χ3n) is 4.02. The number of likely N-dealkylation sites (N-methyl/N-ethyl adjacent to an activating group) is 1. The van der Waals surface area contributed by atoms with Crippen LogP contribution in [0.1, 0.15) is 31.2 Å². The van der Waals surface area contributed by atoms with Gasteiger partial charge in [0, 0.05) is 19.7 Å². The molecule has 1 saturated carbocycles. The Kier molecular flexibility index (Phi) is 5.24. The maximum absolute atomic E-state index is 13.4. The average Bonchev–Trinajstić information content (AvgIpc) is 2.90. The number of halogens is 1. The van der Waals surface area contributed by atoms with E-state index in [1.54, 1.807) is 13.1 Å². The van der Waals surface area contributed by atoms with Crippen molar-refractivity contribution in [2.24, 2.45) is 0 Å². The smallest absolute Gasteiger partial charge is 0.317 e. The van der Waals surface area contributed by atoms with Crippen molar-refractivity contribution in [2.75, 3.05) is 20.7 Å². The molecule has 22 heavy (non-hydrogen) atoms. The zero-order valence-corrected chi connectivity index (χ0v) is 13.1. The van der Waals surface area contributed by atoms with Crippen LogP contribution < -0.4 is 10.1 Å². The van der Waals surface area contributed by atoms with E-state index in [9.17, 15) is 14.3 Å². The molecule has 2 amide bonds. The van der Waals surface area contributed by atoms with E-state index in [1.807, 2.05) is 0 Å². The Labute approximate surface area is 130 Å². The second kappa shape index (κ2) is 6.96. The van der Waals surface area contributed by atoms with Crippen molar-refractivity contribution in [2.45, 2.75) is 37.8 Å². The zero-order valence-electron chi connectivity index (χ0n) is 13.1. The Bertz CT molecular complexity index is 530. The van der Waals surface area contributed by atoms with Crippen molar-refractivity contribution in [3.05, 3.63) is 29.6 Å². The highest BCUT2D eigenvalue weighted by Gasteiger charge is 2.33. The van der Waals surface area contributed by atoms with E-state index in [2.05, 4.69) is 5.32 Å². The van der Waals surface area contributed by atoms with Gasteiger partial charge < -0.3 is 20.1 Å².